The Bertz CT molecular complexity index is 889. The van der Waals surface area contributed by atoms with E-state index in [9.17, 15) is 19.6 Å². The van der Waals surface area contributed by atoms with Crippen molar-refractivity contribution in [1.82, 2.24) is 25.2 Å². The number of methoxy groups -OCH3 is 1. The van der Waals surface area contributed by atoms with Crippen molar-refractivity contribution in [3.63, 3.8) is 0 Å². The van der Waals surface area contributed by atoms with E-state index in [2.05, 4.69) is 21.8 Å². The first-order valence-corrected chi connectivity index (χ1v) is 11.9. The molecule has 3 heterocycles. The van der Waals surface area contributed by atoms with Gasteiger partial charge in [-0.2, -0.15) is 5.26 Å². The molecule has 178 valence electrons. The average molecular weight is 496 g/mol. The van der Waals surface area contributed by atoms with E-state index in [1.54, 1.807) is 17.1 Å². The lowest BCUT2D eigenvalue weighted by Gasteiger charge is -2.38. The summed E-state index contributed by atoms with van der Waals surface area (Å²) in [6.45, 7) is 1.37. The average Bonchev–Trinajstić information content (AvgIpc) is 3.29. The van der Waals surface area contributed by atoms with Crippen LogP contribution in [0.3, 0.4) is 0 Å². The Labute approximate surface area is 201 Å². The van der Waals surface area contributed by atoms with Gasteiger partial charge >= 0.3 is 6.09 Å². The molecule has 33 heavy (non-hydrogen) atoms. The van der Waals surface area contributed by atoms with Gasteiger partial charge in [0.15, 0.2) is 0 Å². The molecule has 2 N–H and O–H groups in total. The number of anilines is 1. The second-order valence-electron chi connectivity index (χ2n) is 7.66. The number of ether oxygens (including phenoxy) is 1. The zero-order chi connectivity index (χ0) is 23.8. The molecule has 0 saturated carbocycles. The van der Waals surface area contributed by atoms with Crippen molar-refractivity contribution < 1.29 is 19.1 Å². The van der Waals surface area contributed by atoms with Crippen LogP contribution in [0, 0.1) is 11.3 Å². The van der Waals surface area contributed by atoms with Gasteiger partial charge in [-0.15, -0.1) is 11.8 Å². The summed E-state index contributed by atoms with van der Waals surface area (Å²) >= 11 is 7.33. The van der Waals surface area contributed by atoms with Gasteiger partial charge in [0.1, 0.15) is 11.9 Å². The topological polar surface area (TPSA) is 131 Å². The largest absolute Gasteiger partial charge is 0.452 e. The molecule has 1 aromatic rings. The Balaban J connectivity index is 1.52. The van der Waals surface area contributed by atoms with Crippen LogP contribution in [0.15, 0.2) is 18.3 Å². The third kappa shape index (κ3) is 7.20. The highest BCUT2D eigenvalue weighted by molar-refractivity contribution is 7.99. The SMILES string of the molecule is COC(=O)NN(CC(=O)N1CSC[C@H]1C#N)C1CCN(CC(=O)Nc2ccc(Cl)cn2)CC1. The highest BCUT2D eigenvalue weighted by Crippen LogP contribution is 2.22. The molecule has 13 heteroatoms. The summed E-state index contributed by atoms with van der Waals surface area (Å²) in [5.74, 6) is 1.07. The number of carbonyl (C=O) groups is 3. The van der Waals surface area contributed by atoms with Crippen molar-refractivity contribution in [2.24, 2.45) is 0 Å². The van der Waals surface area contributed by atoms with Crippen molar-refractivity contribution in [2.45, 2.75) is 24.9 Å². The fraction of sp³-hybridized carbons (Fsp3) is 0.550. The molecule has 2 aliphatic heterocycles. The quantitative estimate of drug-likeness (QED) is 0.534. The van der Waals surface area contributed by atoms with Gasteiger partial charge in [0.05, 0.1) is 37.2 Å². The molecule has 2 saturated heterocycles. The predicted octanol–water partition coefficient (Wildman–Crippen LogP) is 1.14. The van der Waals surface area contributed by atoms with Crippen molar-refractivity contribution in [3.05, 3.63) is 23.4 Å². The summed E-state index contributed by atoms with van der Waals surface area (Å²) in [4.78, 5) is 44.6. The van der Waals surface area contributed by atoms with Crippen LogP contribution in [0.25, 0.3) is 0 Å². The van der Waals surface area contributed by atoms with E-state index in [1.807, 2.05) is 4.90 Å². The highest BCUT2D eigenvalue weighted by atomic mass is 35.5. The Morgan fingerprint density at radius 3 is 2.76 bits per heavy atom. The number of aromatic nitrogens is 1. The zero-order valence-corrected chi connectivity index (χ0v) is 19.8. The number of nitrogens with zero attached hydrogens (tertiary/aromatic N) is 5. The van der Waals surface area contributed by atoms with Crippen LogP contribution < -0.4 is 10.7 Å². The van der Waals surface area contributed by atoms with Crippen LogP contribution in [0.1, 0.15) is 12.8 Å². The van der Waals surface area contributed by atoms with Crippen molar-refractivity contribution in [2.75, 3.05) is 50.2 Å². The van der Waals surface area contributed by atoms with Gasteiger partial charge in [0.2, 0.25) is 11.8 Å². The Morgan fingerprint density at radius 1 is 1.36 bits per heavy atom. The van der Waals surface area contributed by atoms with E-state index in [0.717, 1.165) is 0 Å². The number of nitriles is 1. The molecule has 1 aromatic heterocycles. The summed E-state index contributed by atoms with van der Waals surface area (Å²) in [6, 6.07) is 4.86. The summed E-state index contributed by atoms with van der Waals surface area (Å²) in [6.07, 6.45) is 2.08. The van der Waals surface area contributed by atoms with E-state index >= 15 is 0 Å². The number of carbonyl (C=O) groups excluding carboxylic acids is 3. The lowest BCUT2D eigenvalue weighted by atomic mass is 10.0. The molecule has 1 atom stereocenters. The summed E-state index contributed by atoms with van der Waals surface area (Å²) in [7, 11) is 1.26. The van der Waals surface area contributed by atoms with Gasteiger partial charge in [-0.25, -0.2) is 14.8 Å². The van der Waals surface area contributed by atoms with Gasteiger partial charge in [0, 0.05) is 31.1 Å². The van der Waals surface area contributed by atoms with Gasteiger partial charge in [-0.3, -0.25) is 19.9 Å². The van der Waals surface area contributed by atoms with Crippen LogP contribution in [-0.4, -0.2) is 94.7 Å². The van der Waals surface area contributed by atoms with Crippen molar-refractivity contribution >= 4 is 47.1 Å². The van der Waals surface area contributed by atoms with E-state index in [0.29, 0.717) is 48.4 Å². The molecule has 0 radical (unpaired) electrons. The predicted molar refractivity (Wildman–Crippen MR) is 123 cm³/mol. The number of hydrogen-bond acceptors (Lipinski definition) is 9. The lowest BCUT2D eigenvalue weighted by molar-refractivity contribution is -0.133. The first kappa shape index (κ1) is 25.0. The fourth-order valence-corrected chi connectivity index (χ4v) is 4.89. The maximum atomic E-state index is 12.8. The Morgan fingerprint density at radius 2 is 2.12 bits per heavy atom. The molecule has 0 aromatic carbocycles. The highest BCUT2D eigenvalue weighted by Gasteiger charge is 2.33. The van der Waals surface area contributed by atoms with Gasteiger partial charge in [0.25, 0.3) is 0 Å². The molecule has 0 aliphatic carbocycles. The number of thioether (sulfide) groups is 1. The standard InChI is InChI=1S/C20H26ClN7O4S/c1-32-20(31)25-28(11-19(30)27-13-33-12-16(27)8-22)15-4-6-26(7-5-15)10-18(29)24-17-3-2-14(21)9-23-17/h2-3,9,15-16H,4-7,10-13H2,1H3,(H,25,31)(H,23,24,29)/t16-/m1/s1. The minimum absolute atomic E-state index is 0.0543. The van der Waals surface area contributed by atoms with Crippen LogP contribution in [0.5, 0.6) is 0 Å². The summed E-state index contributed by atoms with van der Waals surface area (Å²) in [5.41, 5.74) is 2.63. The second kappa shape index (κ2) is 12.0. The number of rotatable bonds is 7. The van der Waals surface area contributed by atoms with E-state index in [1.165, 1.54) is 30.0 Å². The van der Waals surface area contributed by atoms with Gasteiger partial charge < -0.3 is 15.0 Å². The molecule has 3 amide bonds. The molecule has 3 rings (SSSR count). The molecule has 11 nitrogen and oxygen atoms in total. The fourth-order valence-electron chi connectivity index (χ4n) is 3.68. The third-order valence-electron chi connectivity index (χ3n) is 5.44. The monoisotopic (exact) mass is 495 g/mol. The molecule has 2 aliphatic rings. The van der Waals surface area contributed by atoms with Gasteiger partial charge in [-0.1, -0.05) is 11.6 Å². The molecule has 2 fully saturated rings. The Kier molecular flexibility index (Phi) is 9.13. The van der Waals surface area contributed by atoms with Crippen LogP contribution in [0.4, 0.5) is 10.6 Å². The molecule has 0 spiro atoms. The number of hydrazine groups is 1. The number of likely N-dealkylation sites (tertiary alicyclic amines) is 1. The van der Waals surface area contributed by atoms with E-state index in [4.69, 9.17) is 16.3 Å². The number of amides is 3. The normalized spacial score (nSPS) is 19.2. The lowest BCUT2D eigenvalue weighted by Crippen LogP contribution is -2.56. The molecular weight excluding hydrogens is 470 g/mol. The zero-order valence-electron chi connectivity index (χ0n) is 18.2. The third-order valence-corrected chi connectivity index (χ3v) is 6.67. The first-order chi connectivity index (χ1) is 15.9. The summed E-state index contributed by atoms with van der Waals surface area (Å²) in [5, 5.41) is 14.1. The second-order valence-corrected chi connectivity index (χ2v) is 9.09. The molecule has 0 unspecified atom stereocenters. The molecular formula is C20H26ClN7O4S. The van der Waals surface area contributed by atoms with Crippen molar-refractivity contribution in [1.29, 1.82) is 5.26 Å². The minimum atomic E-state index is -0.660. The van der Waals surface area contributed by atoms with Crippen LogP contribution >= 0.6 is 23.4 Å². The maximum Gasteiger partial charge on any atom is 0.421 e. The van der Waals surface area contributed by atoms with Gasteiger partial charge in [-0.05, 0) is 25.0 Å². The maximum absolute atomic E-state index is 12.8. The number of piperidine rings is 1. The minimum Gasteiger partial charge on any atom is -0.452 e. The summed E-state index contributed by atoms with van der Waals surface area (Å²) < 4.78 is 4.71. The number of hydrogen-bond donors (Lipinski definition) is 2. The van der Waals surface area contributed by atoms with E-state index < -0.39 is 12.1 Å². The first-order valence-electron chi connectivity index (χ1n) is 10.4. The number of halogens is 1. The van der Waals surface area contributed by atoms with E-state index in [-0.39, 0.29) is 30.9 Å². The van der Waals surface area contributed by atoms with Crippen LogP contribution in [-0.2, 0) is 14.3 Å². The Hall–Kier alpha value is -2.59. The smallest absolute Gasteiger partial charge is 0.421 e. The number of nitrogens with one attached hydrogen (secondary N) is 2. The van der Waals surface area contributed by atoms with Crippen molar-refractivity contribution in [3.8, 4) is 6.07 Å². The number of pyridine rings is 1. The molecule has 0 bridgehead atoms. The van der Waals surface area contributed by atoms with Crippen LogP contribution in [0.2, 0.25) is 5.02 Å².